The summed E-state index contributed by atoms with van der Waals surface area (Å²) in [6, 6.07) is 7.57. The molecular formula is C17H21N7O2. The summed E-state index contributed by atoms with van der Waals surface area (Å²) in [5.74, 6) is 0.225. The van der Waals surface area contributed by atoms with E-state index < -0.39 is 6.23 Å². The second-order valence-electron chi connectivity index (χ2n) is 6.02. The lowest BCUT2D eigenvalue weighted by Gasteiger charge is -2.17. The van der Waals surface area contributed by atoms with Crippen LogP contribution < -0.4 is 11.2 Å². The molecule has 1 unspecified atom stereocenters. The molecule has 136 valence electrons. The molecule has 26 heavy (non-hydrogen) atoms. The Kier molecular flexibility index (Phi) is 4.72. The smallest absolute Gasteiger partial charge is 0.301 e. The van der Waals surface area contributed by atoms with E-state index in [-0.39, 0.29) is 11.7 Å². The summed E-state index contributed by atoms with van der Waals surface area (Å²) in [7, 11) is 6.86. The lowest BCUT2D eigenvalue weighted by Crippen LogP contribution is -2.31. The predicted octanol–water partition coefficient (Wildman–Crippen LogP) is 0.879. The quantitative estimate of drug-likeness (QED) is 0.841. The second kappa shape index (κ2) is 6.96. The van der Waals surface area contributed by atoms with Gasteiger partial charge in [0.05, 0.1) is 11.9 Å². The molecule has 1 aliphatic heterocycles. The van der Waals surface area contributed by atoms with Crippen molar-refractivity contribution in [1.82, 2.24) is 25.3 Å². The number of amides is 1. The van der Waals surface area contributed by atoms with Crippen LogP contribution in [-0.4, -0.2) is 60.0 Å². The number of ether oxygens (including phenoxy) is 1. The zero-order valence-electron chi connectivity index (χ0n) is 15.1. The normalized spacial score (nSPS) is 18.5. The fourth-order valence-corrected chi connectivity index (χ4v) is 2.54. The molecule has 3 rings (SSSR count). The number of benzene rings is 1. The molecule has 2 heterocycles. The average Bonchev–Trinajstić information content (AvgIpc) is 3.02. The largest absolute Gasteiger partial charge is 0.437 e. The molecule has 1 fully saturated rings. The Balaban J connectivity index is 1.92. The van der Waals surface area contributed by atoms with Crippen molar-refractivity contribution in [3.8, 4) is 11.3 Å². The first-order valence-electron chi connectivity index (χ1n) is 7.98. The van der Waals surface area contributed by atoms with Gasteiger partial charge in [-0.2, -0.15) is 5.01 Å². The van der Waals surface area contributed by atoms with E-state index in [9.17, 15) is 4.79 Å². The molecule has 1 atom stereocenters. The average molecular weight is 355 g/mol. The number of hydrogen-bond donors (Lipinski definition) is 2. The first-order chi connectivity index (χ1) is 12.4. The highest BCUT2D eigenvalue weighted by Crippen LogP contribution is 2.28. The number of nitrogen functional groups attached to an aromatic ring is 1. The molecule has 1 aromatic carbocycles. The summed E-state index contributed by atoms with van der Waals surface area (Å²) in [6.45, 7) is 0. The molecule has 0 radical (unpaired) electrons. The van der Waals surface area contributed by atoms with E-state index in [2.05, 4.69) is 20.4 Å². The third kappa shape index (κ3) is 3.29. The number of nitrogens with zero attached hydrogens (tertiary/aromatic N) is 5. The second-order valence-corrected chi connectivity index (χ2v) is 6.02. The van der Waals surface area contributed by atoms with Crippen molar-refractivity contribution < 1.29 is 9.53 Å². The number of carbonyl (C=O) groups is 1. The number of aliphatic imine (C=N–C) groups is 1. The summed E-state index contributed by atoms with van der Waals surface area (Å²) < 4.78 is 5.69. The first kappa shape index (κ1) is 17.6. The number of aromatic nitrogens is 2. The number of nitrogens with two attached hydrogens (primary N) is 1. The number of hydrazine groups is 1. The molecule has 1 saturated heterocycles. The van der Waals surface area contributed by atoms with Crippen LogP contribution >= 0.6 is 0 Å². The Hall–Kier alpha value is -3.20. The Morgan fingerprint density at radius 3 is 2.62 bits per heavy atom. The number of carbonyl (C=O) groups excluding carboxylic acids is 1. The molecule has 0 bridgehead atoms. The maximum Gasteiger partial charge on any atom is 0.301 e. The van der Waals surface area contributed by atoms with Crippen LogP contribution in [-0.2, 0) is 4.74 Å². The van der Waals surface area contributed by atoms with Crippen molar-refractivity contribution in [2.24, 2.45) is 4.99 Å². The molecule has 9 heteroatoms. The molecule has 1 aromatic heterocycles. The van der Waals surface area contributed by atoms with Crippen LogP contribution in [0.25, 0.3) is 11.3 Å². The SMILES string of the molecule is CN=C1NN(C)C(c2nc(-c3ccc(C(=O)N(C)C)cc3)cnc2N)O1. The first-order valence-corrected chi connectivity index (χ1v) is 7.98. The van der Waals surface area contributed by atoms with E-state index >= 15 is 0 Å². The summed E-state index contributed by atoms with van der Waals surface area (Å²) in [5.41, 5.74) is 11.5. The monoisotopic (exact) mass is 355 g/mol. The van der Waals surface area contributed by atoms with Gasteiger partial charge in [0.25, 0.3) is 5.91 Å². The van der Waals surface area contributed by atoms with Gasteiger partial charge < -0.3 is 15.4 Å². The van der Waals surface area contributed by atoms with Gasteiger partial charge in [0.15, 0.2) is 5.82 Å². The molecule has 2 aromatic rings. The molecule has 1 amide bonds. The molecule has 1 aliphatic rings. The Bertz CT molecular complexity index is 849. The lowest BCUT2D eigenvalue weighted by molar-refractivity contribution is 0.0763. The summed E-state index contributed by atoms with van der Waals surface area (Å²) in [5, 5.41) is 1.71. The number of anilines is 1. The molecule has 0 saturated carbocycles. The van der Waals surface area contributed by atoms with Gasteiger partial charge in [-0.3, -0.25) is 10.2 Å². The maximum atomic E-state index is 12.0. The predicted molar refractivity (Wildman–Crippen MR) is 98.0 cm³/mol. The number of amidine groups is 1. The fraction of sp³-hybridized carbons (Fsp3) is 0.294. The van der Waals surface area contributed by atoms with E-state index in [1.54, 1.807) is 51.5 Å². The van der Waals surface area contributed by atoms with Crippen LogP contribution in [0.2, 0.25) is 0 Å². The van der Waals surface area contributed by atoms with Crippen molar-refractivity contribution in [2.45, 2.75) is 6.23 Å². The van der Waals surface area contributed by atoms with Crippen LogP contribution in [0.1, 0.15) is 22.3 Å². The Morgan fingerprint density at radius 1 is 1.35 bits per heavy atom. The minimum absolute atomic E-state index is 0.0564. The molecule has 0 spiro atoms. The highest BCUT2D eigenvalue weighted by atomic mass is 16.6. The van der Waals surface area contributed by atoms with Gasteiger partial charge in [-0.15, -0.1) is 0 Å². The molecule has 9 nitrogen and oxygen atoms in total. The van der Waals surface area contributed by atoms with Crippen LogP contribution in [0.5, 0.6) is 0 Å². The lowest BCUT2D eigenvalue weighted by atomic mass is 10.1. The van der Waals surface area contributed by atoms with E-state index in [1.165, 1.54) is 4.90 Å². The third-order valence-corrected chi connectivity index (χ3v) is 3.95. The van der Waals surface area contributed by atoms with E-state index in [0.717, 1.165) is 5.56 Å². The van der Waals surface area contributed by atoms with Crippen molar-refractivity contribution >= 4 is 17.7 Å². The molecule has 3 N–H and O–H groups in total. The highest BCUT2D eigenvalue weighted by molar-refractivity contribution is 5.94. The van der Waals surface area contributed by atoms with E-state index in [1.807, 2.05) is 12.1 Å². The van der Waals surface area contributed by atoms with Crippen molar-refractivity contribution in [3.05, 3.63) is 41.7 Å². The Morgan fingerprint density at radius 2 is 2.04 bits per heavy atom. The number of rotatable bonds is 3. The van der Waals surface area contributed by atoms with Gasteiger partial charge in [-0.1, -0.05) is 12.1 Å². The van der Waals surface area contributed by atoms with Gasteiger partial charge in [0.1, 0.15) is 5.69 Å². The van der Waals surface area contributed by atoms with Crippen LogP contribution in [0.4, 0.5) is 5.82 Å². The summed E-state index contributed by atoms with van der Waals surface area (Å²) in [6.07, 6.45) is 1.06. The zero-order valence-corrected chi connectivity index (χ0v) is 15.1. The fourth-order valence-electron chi connectivity index (χ4n) is 2.54. The van der Waals surface area contributed by atoms with Crippen molar-refractivity contribution in [2.75, 3.05) is 33.9 Å². The van der Waals surface area contributed by atoms with Crippen LogP contribution in [0.15, 0.2) is 35.5 Å². The van der Waals surface area contributed by atoms with Gasteiger partial charge in [0.2, 0.25) is 6.23 Å². The topological polar surface area (TPSA) is 109 Å². The number of nitrogens with one attached hydrogen (secondary N) is 1. The summed E-state index contributed by atoms with van der Waals surface area (Å²) in [4.78, 5) is 26.4. The molecule has 0 aliphatic carbocycles. The van der Waals surface area contributed by atoms with Gasteiger partial charge in [0, 0.05) is 39.3 Å². The van der Waals surface area contributed by atoms with E-state index in [4.69, 9.17) is 10.5 Å². The van der Waals surface area contributed by atoms with Gasteiger partial charge >= 0.3 is 6.02 Å². The van der Waals surface area contributed by atoms with Crippen LogP contribution in [0.3, 0.4) is 0 Å². The third-order valence-electron chi connectivity index (χ3n) is 3.95. The number of hydrogen-bond acceptors (Lipinski definition) is 7. The van der Waals surface area contributed by atoms with Crippen molar-refractivity contribution in [1.29, 1.82) is 0 Å². The van der Waals surface area contributed by atoms with Gasteiger partial charge in [-0.05, 0) is 12.1 Å². The zero-order chi connectivity index (χ0) is 18.8. The minimum atomic E-state index is -0.532. The summed E-state index contributed by atoms with van der Waals surface area (Å²) >= 11 is 0. The highest BCUT2D eigenvalue weighted by Gasteiger charge is 2.32. The Labute approximate surface area is 151 Å². The maximum absolute atomic E-state index is 12.0. The molecular weight excluding hydrogens is 334 g/mol. The minimum Gasteiger partial charge on any atom is -0.437 e. The van der Waals surface area contributed by atoms with E-state index in [0.29, 0.717) is 23.0 Å². The van der Waals surface area contributed by atoms with Crippen LogP contribution in [0, 0.1) is 0 Å². The van der Waals surface area contributed by atoms with Gasteiger partial charge in [-0.25, -0.2) is 15.0 Å². The standard InChI is InChI=1S/C17H21N7O2/c1-19-17-22-24(4)16(26-17)13-14(18)20-9-12(21-13)10-5-7-11(8-6-10)15(25)23(2)3/h5-9,16H,1-4H3,(H2,18,20)(H,19,22). The van der Waals surface area contributed by atoms with Crippen molar-refractivity contribution in [3.63, 3.8) is 0 Å².